The SMILES string of the molecule is CCS(=O)(=O)c1c[nH]c(=O)c(Br)c1. The second kappa shape index (κ2) is 3.63. The van der Waals surface area contributed by atoms with Crippen LogP contribution in [-0.4, -0.2) is 19.2 Å². The number of H-pyrrole nitrogens is 1. The van der Waals surface area contributed by atoms with Crippen molar-refractivity contribution in [3.63, 3.8) is 0 Å². The highest BCUT2D eigenvalue weighted by atomic mass is 79.9. The van der Waals surface area contributed by atoms with Gasteiger partial charge in [-0.05, 0) is 22.0 Å². The van der Waals surface area contributed by atoms with Crippen LogP contribution in [0.2, 0.25) is 0 Å². The van der Waals surface area contributed by atoms with Gasteiger partial charge in [0.2, 0.25) is 0 Å². The number of pyridine rings is 1. The summed E-state index contributed by atoms with van der Waals surface area (Å²) in [6.45, 7) is 1.55. The number of sulfone groups is 1. The van der Waals surface area contributed by atoms with Crippen molar-refractivity contribution >= 4 is 25.8 Å². The summed E-state index contributed by atoms with van der Waals surface area (Å²) in [6, 6.07) is 1.30. The average Bonchev–Trinajstić information content (AvgIpc) is 2.09. The first kappa shape index (κ1) is 10.5. The zero-order chi connectivity index (χ0) is 10.1. The summed E-state index contributed by atoms with van der Waals surface area (Å²) in [6.07, 6.45) is 1.20. The van der Waals surface area contributed by atoms with Crippen LogP contribution in [0.25, 0.3) is 0 Å². The number of halogens is 1. The number of nitrogens with one attached hydrogen (secondary N) is 1. The molecule has 0 unspecified atom stereocenters. The van der Waals surface area contributed by atoms with Gasteiger partial charge in [0, 0.05) is 6.20 Å². The molecule has 1 heterocycles. The molecular weight excluding hydrogens is 258 g/mol. The Morgan fingerprint density at radius 1 is 1.54 bits per heavy atom. The summed E-state index contributed by atoms with van der Waals surface area (Å²) in [4.78, 5) is 13.3. The van der Waals surface area contributed by atoms with Crippen molar-refractivity contribution in [3.05, 3.63) is 27.1 Å². The molecule has 1 aromatic heterocycles. The Balaban J connectivity index is 3.35. The van der Waals surface area contributed by atoms with E-state index >= 15 is 0 Å². The highest BCUT2D eigenvalue weighted by Crippen LogP contribution is 2.12. The number of hydrogen-bond donors (Lipinski definition) is 1. The fraction of sp³-hybridized carbons (Fsp3) is 0.286. The van der Waals surface area contributed by atoms with Crippen LogP contribution in [0.4, 0.5) is 0 Å². The van der Waals surface area contributed by atoms with Gasteiger partial charge < -0.3 is 4.98 Å². The molecule has 0 aliphatic carbocycles. The summed E-state index contributed by atoms with van der Waals surface area (Å²) in [7, 11) is -3.24. The standard InChI is InChI=1S/C7H8BrNO3S/c1-2-13(11,12)5-3-6(8)7(10)9-4-5/h3-4H,2H2,1H3,(H,9,10). The molecule has 0 spiro atoms. The third-order valence-electron chi connectivity index (χ3n) is 1.57. The second-order valence-corrected chi connectivity index (χ2v) is 5.55. The summed E-state index contributed by atoms with van der Waals surface area (Å²) in [5.41, 5.74) is -0.338. The first-order valence-electron chi connectivity index (χ1n) is 3.58. The molecule has 13 heavy (non-hydrogen) atoms. The zero-order valence-corrected chi connectivity index (χ0v) is 9.28. The Morgan fingerprint density at radius 2 is 2.15 bits per heavy atom. The third-order valence-corrected chi connectivity index (χ3v) is 3.87. The summed E-state index contributed by atoms with van der Waals surface area (Å²) in [5.74, 6) is 0.0193. The molecule has 0 amide bonds. The van der Waals surface area contributed by atoms with Crippen molar-refractivity contribution in [3.8, 4) is 0 Å². The van der Waals surface area contributed by atoms with Crippen LogP contribution in [-0.2, 0) is 9.84 Å². The number of hydrogen-bond acceptors (Lipinski definition) is 3. The van der Waals surface area contributed by atoms with E-state index in [2.05, 4.69) is 20.9 Å². The lowest BCUT2D eigenvalue weighted by Crippen LogP contribution is -2.10. The highest BCUT2D eigenvalue weighted by molar-refractivity contribution is 9.10. The van der Waals surface area contributed by atoms with Crippen molar-refractivity contribution in [1.82, 2.24) is 4.98 Å². The van der Waals surface area contributed by atoms with E-state index in [1.165, 1.54) is 12.3 Å². The average molecular weight is 266 g/mol. The predicted molar refractivity (Wildman–Crippen MR) is 52.5 cm³/mol. The minimum atomic E-state index is -3.24. The molecule has 0 aromatic carbocycles. The molecule has 0 aliphatic heterocycles. The van der Waals surface area contributed by atoms with Crippen LogP contribution >= 0.6 is 15.9 Å². The molecule has 6 heteroatoms. The molecule has 0 bridgehead atoms. The van der Waals surface area contributed by atoms with Crippen LogP contribution < -0.4 is 5.56 Å². The first-order valence-corrected chi connectivity index (χ1v) is 6.03. The Bertz CT molecular complexity index is 463. The largest absolute Gasteiger partial charge is 0.327 e. The van der Waals surface area contributed by atoms with Gasteiger partial charge in [-0.25, -0.2) is 8.42 Å². The van der Waals surface area contributed by atoms with Crippen molar-refractivity contribution < 1.29 is 8.42 Å². The lowest BCUT2D eigenvalue weighted by molar-refractivity contribution is 0.596. The van der Waals surface area contributed by atoms with E-state index in [0.717, 1.165) is 0 Å². The molecule has 1 N–H and O–H groups in total. The monoisotopic (exact) mass is 265 g/mol. The van der Waals surface area contributed by atoms with E-state index in [-0.39, 0.29) is 20.7 Å². The van der Waals surface area contributed by atoms with E-state index in [0.29, 0.717) is 0 Å². The second-order valence-electron chi connectivity index (χ2n) is 2.42. The molecule has 0 fully saturated rings. The van der Waals surface area contributed by atoms with Gasteiger partial charge in [-0.2, -0.15) is 0 Å². The van der Waals surface area contributed by atoms with Crippen LogP contribution in [0.1, 0.15) is 6.92 Å². The van der Waals surface area contributed by atoms with Crippen molar-refractivity contribution in [2.75, 3.05) is 5.75 Å². The zero-order valence-electron chi connectivity index (χ0n) is 6.87. The fourth-order valence-electron chi connectivity index (χ4n) is 0.784. The Labute approximate surface area is 84.0 Å². The molecule has 0 radical (unpaired) electrons. The Hall–Kier alpha value is -0.620. The maximum absolute atomic E-state index is 11.3. The molecular formula is C7H8BrNO3S. The Morgan fingerprint density at radius 3 is 2.62 bits per heavy atom. The van der Waals surface area contributed by atoms with Gasteiger partial charge >= 0.3 is 0 Å². The highest BCUT2D eigenvalue weighted by Gasteiger charge is 2.12. The minimum absolute atomic E-state index is 0.0193. The van der Waals surface area contributed by atoms with Gasteiger partial charge in [-0.3, -0.25) is 4.79 Å². The van der Waals surface area contributed by atoms with Crippen molar-refractivity contribution in [1.29, 1.82) is 0 Å². The lowest BCUT2D eigenvalue weighted by atomic mass is 10.5. The summed E-state index contributed by atoms with van der Waals surface area (Å²) < 4.78 is 22.9. The van der Waals surface area contributed by atoms with Gasteiger partial charge in [0.25, 0.3) is 5.56 Å². The third kappa shape index (κ3) is 2.19. The van der Waals surface area contributed by atoms with Crippen molar-refractivity contribution in [2.24, 2.45) is 0 Å². The minimum Gasteiger partial charge on any atom is -0.327 e. The normalized spacial score (nSPS) is 11.5. The van der Waals surface area contributed by atoms with Gasteiger partial charge in [0.05, 0.1) is 15.1 Å². The smallest absolute Gasteiger partial charge is 0.262 e. The predicted octanol–water partition coefficient (Wildman–Crippen LogP) is 0.931. The van der Waals surface area contributed by atoms with Crippen LogP contribution in [0.15, 0.2) is 26.4 Å². The molecule has 72 valence electrons. The van der Waals surface area contributed by atoms with Gasteiger partial charge in [0.1, 0.15) is 0 Å². The van der Waals surface area contributed by atoms with Gasteiger partial charge in [-0.1, -0.05) is 6.92 Å². The number of aromatic nitrogens is 1. The number of rotatable bonds is 2. The van der Waals surface area contributed by atoms with Crippen LogP contribution in [0, 0.1) is 0 Å². The van der Waals surface area contributed by atoms with E-state index in [9.17, 15) is 13.2 Å². The molecule has 4 nitrogen and oxygen atoms in total. The van der Waals surface area contributed by atoms with Gasteiger partial charge in [0.15, 0.2) is 9.84 Å². The summed E-state index contributed by atoms with van der Waals surface area (Å²) >= 11 is 2.96. The van der Waals surface area contributed by atoms with E-state index in [1.807, 2.05) is 0 Å². The molecule has 1 aromatic rings. The summed E-state index contributed by atoms with van der Waals surface area (Å²) in [5, 5.41) is 0. The van der Waals surface area contributed by atoms with Crippen molar-refractivity contribution in [2.45, 2.75) is 11.8 Å². The van der Waals surface area contributed by atoms with E-state index in [1.54, 1.807) is 6.92 Å². The molecule has 0 atom stereocenters. The molecule has 1 rings (SSSR count). The maximum atomic E-state index is 11.3. The van der Waals surface area contributed by atoms with E-state index in [4.69, 9.17) is 0 Å². The molecule has 0 saturated carbocycles. The maximum Gasteiger partial charge on any atom is 0.262 e. The lowest BCUT2D eigenvalue weighted by Gasteiger charge is -1.99. The van der Waals surface area contributed by atoms with Crippen LogP contribution in [0.3, 0.4) is 0 Å². The molecule has 0 aliphatic rings. The first-order chi connectivity index (χ1) is 5.97. The topological polar surface area (TPSA) is 67.0 Å². The Kier molecular flexibility index (Phi) is 2.92. The quantitative estimate of drug-likeness (QED) is 0.865. The van der Waals surface area contributed by atoms with E-state index < -0.39 is 9.84 Å². The van der Waals surface area contributed by atoms with Crippen LogP contribution in [0.5, 0.6) is 0 Å². The van der Waals surface area contributed by atoms with Gasteiger partial charge in [-0.15, -0.1) is 0 Å². The fourth-order valence-corrected chi connectivity index (χ4v) is 2.17. The molecule has 0 saturated heterocycles. The number of aromatic amines is 1.